The number of aliphatic hydroxyl groups is 1. The molecule has 4 rings (SSSR count). The zero-order valence-corrected chi connectivity index (χ0v) is 22.2. The van der Waals surface area contributed by atoms with Crippen LogP contribution in [0.1, 0.15) is 46.1 Å². The Balaban J connectivity index is 1.69. The van der Waals surface area contributed by atoms with Crippen molar-refractivity contribution in [2.24, 2.45) is 5.73 Å². The number of nitrogens with zero attached hydrogens (tertiary/aromatic N) is 3. The Kier molecular flexibility index (Phi) is 7.93. The third-order valence-corrected chi connectivity index (χ3v) is 6.64. The molecule has 14 heteroatoms. The van der Waals surface area contributed by atoms with Gasteiger partial charge in [0.2, 0.25) is 5.91 Å². The summed E-state index contributed by atoms with van der Waals surface area (Å²) in [5.74, 6) is -2.03. The van der Waals surface area contributed by atoms with Gasteiger partial charge in [-0.15, -0.1) is 11.3 Å². The van der Waals surface area contributed by atoms with E-state index in [0.29, 0.717) is 46.3 Å². The van der Waals surface area contributed by atoms with Gasteiger partial charge in [0.1, 0.15) is 5.69 Å². The summed E-state index contributed by atoms with van der Waals surface area (Å²) in [5, 5.41) is 20.2. The van der Waals surface area contributed by atoms with Crippen molar-refractivity contribution in [3.8, 4) is 11.1 Å². The Labute approximate surface area is 230 Å². The molecule has 0 bridgehead atoms. The molecule has 3 amide bonds. The average Bonchev–Trinajstić information content (AvgIpc) is 3.52. The number of carbonyl (C=O) groups excluding carboxylic acids is 3. The number of aryl methyl sites for hydroxylation is 1. The lowest BCUT2D eigenvalue weighted by Crippen LogP contribution is -2.33. The van der Waals surface area contributed by atoms with Crippen LogP contribution in [0.15, 0.2) is 48.0 Å². The van der Waals surface area contributed by atoms with Crippen LogP contribution in [-0.4, -0.2) is 49.7 Å². The van der Waals surface area contributed by atoms with Crippen molar-refractivity contribution >= 4 is 45.6 Å². The van der Waals surface area contributed by atoms with Crippen LogP contribution < -0.4 is 16.4 Å². The van der Waals surface area contributed by atoms with E-state index in [2.05, 4.69) is 20.7 Å². The molecule has 0 saturated carbocycles. The summed E-state index contributed by atoms with van der Waals surface area (Å²) >= 11 is 0.322. The van der Waals surface area contributed by atoms with Gasteiger partial charge in [-0.3, -0.25) is 19.1 Å². The molecular weight excluding hydrogens is 549 g/mol. The highest BCUT2D eigenvalue weighted by molar-refractivity contribution is 7.10. The maximum Gasteiger partial charge on any atom is 0.443 e. The molecule has 2 heterocycles. The van der Waals surface area contributed by atoms with Crippen molar-refractivity contribution in [2.45, 2.75) is 38.6 Å². The normalized spacial score (nSPS) is 11.9. The second kappa shape index (κ2) is 11.1. The largest absolute Gasteiger partial charge is 0.443 e. The summed E-state index contributed by atoms with van der Waals surface area (Å²) in [6.07, 6.45) is -2.50. The Morgan fingerprint density at radius 1 is 1.10 bits per heavy atom. The maximum absolute atomic E-state index is 13.0. The maximum atomic E-state index is 13.0. The topological polar surface area (TPSA) is 152 Å². The van der Waals surface area contributed by atoms with Crippen molar-refractivity contribution in [1.82, 2.24) is 20.1 Å². The van der Waals surface area contributed by atoms with Gasteiger partial charge in [0.25, 0.3) is 11.8 Å². The molecule has 210 valence electrons. The molecule has 10 nitrogen and oxygen atoms in total. The molecule has 0 unspecified atom stereocenters. The van der Waals surface area contributed by atoms with Gasteiger partial charge in [-0.05, 0) is 50.1 Å². The van der Waals surface area contributed by atoms with E-state index in [1.165, 1.54) is 12.1 Å². The number of hydrogen-bond donors (Lipinski definition) is 4. The summed E-state index contributed by atoms with van der Waals surface area (Å²) in [6, 6.07) is 9.60. The number of alkyl halides is 3. The number of halogens is 3. The predicted octanol–water partition coefficient (Wildman–Crippen LogP) is 3.81. The number of nitrogens with two attached hydrogens (primary N) is 1. The quantitative estimate of drug-likeness (QED) is 0.239. The van der Waals surface area contributed by atoms with Crippen LogP contribution in [0.2, 0.25) is 0 Å². The first-order valence-electron chi connectivity index (χ1n) is 11.9. The molecule has 0 spiro atoms. The number of benzene rings is 2. The Hall–Kier alpha value is -4.30. The van der Waals surface area contributed by atoms with Gasteiger partial charge >= 0.3 is 6.18 Å². The lowest BCUT2D eigenvalue weighted by atomic mass is 10.00. The van der Waals surface area contributed by atoms with E-state index in [9.17, 15) is 32.7 Å². The zero-order chi connectivity index (χ0) is 29.2. The monoisotopic (exact) mass is 574 g/mol. The Morgan fingerprint density at radius 2 is 1.80 bits per heavy atom. The summed E-state index contributed by atoms with van der Waals surface area (Å²) in [5.41, 5.74) is 5.95. The molecule has 0 atom stereocenters. The van der Waals surface area contributed by atoms with Gasteiger partial charge in [0.15, 0.2) is 5.01 Å². The third-order valence-electron chi connectivity index (χ3n) is 5.75. The van der Waals surface area contributed by atoms with E-state index < -0.39 is 34.5 Å². The highest BCUT2D eigenvalue weighted by atomic mass is 32.1. The van der Waals surface area contributed by atoms with E-state index in [-0.39, 0.29) is 23.5 Å². The lowest BCUT2D eigenvalue weighted by molar-refractivity contribution is -0.137. The number of anilines is 1. The molecule has 0 aliphatic carbocycles. The van der Waals surface area contributed by atoms with E-state index in [1.54, 1.807) is 49.0 Å². The van der Waals surface area contributed by atoms with Crippen molar-refractivity contribution in [3.05, 3.63) is 64.2 Å². The molecule has 4 aromatic rings. The van der Waals surface area contributed by atoms with Crippen LogP contribution in [0.5, 0.6) is 0 Å². The second-order valence-corrected chi connectivity index (χ2v) is 10.5. The molecular formula is C26H25F3N6O4S. The summed E-state index contributed by atoms with van der Waals surface area (Å²) in [4.78, 5) is 39.5. The standard InChI is InChI=1S/C26H25F3N6O4S/c1-25(2,39)7-8-35-12-16-9-19(32-23(38)20-13-40-24(33-20)26(27,28)29)17(10-18(16)34-35)14-3-5-15(6-4-14)22(37)31-11-21(30)36/h3-6,9-10,12-13,39H,7-8,11H2,1-2H3,(H2,30,36)(H,31,37)(H,32,38). The minimum absolute atomic E-state index is 0.259. The van der Waals surface area contributed by atoms with Gasteiger partial charge in [-0.1, -0.05) is 12.1 Å². The molecule has 40 heavy (non-hydrogen) atoms. The summed E-state index contributed by atoms with van der Waals surface area (Å²) < 4.78 is 40.7. The number of primary amides is 1. The van der Waals surface area contributed by atoms with Crippen LogP contribution in [0, 0.1) is 0 Å². The molecule has 0 aliphatic rings. The molecule has 0 radical (unpaired) electrons. The molecule has 2 aromatic carbocycles. The van der Waals surface area contributed by atoms with Crippen molar-refractivity contribution < 1.29 is 32.7 Å². The number of nitrogens with one attached hydrogen (secondary N) is 2. The SMILES string of the molecule is CC(C)(O)CCn1cc2cc(NC(=O)c3csc(C(F)(F)F)n3)c(-c3ccc(C(=O)NCC(N)=O)cc3)cc2n1. The number of carbonyl (C=O) groups is 3. The zero-order valence-electron chi connectivity index (χ0n) is 21.4. The first kappa shape index (κ1) is 28.7. The van der Waals surface area contributed by atoms with Crippen LogP contribution >= 0.6 is 11.3 Å². The second-order valence-electron chi connectivity index (χ2n) is 9.63. The fraction of sp³-hybridized carbons (Fsp3) is 0.269. The third kappa shape index (κ3) is 7.01. The van der Waals surface area contributed by atoms with Crippen molar-refractivity contribution in [1.29, 1.82) is 0 Å². The number of amides is 3. The van der Waals surface area contributed by atoms with E-state index in [0.717, 1.165) is 5.38 Å². The number of rotatable bonds is 9. The smallest absolute Gasteiger partial charge is 0.390 e. The van der Waals surface area contributed by atoms with E-state index >= 15 is 0 Å². The number of fused-ring (bicyclic) bond motifs is 1. The fourth-order valence-corrected chi connectivity index (χ4v) is 4.40. The first-order valence-corrected chi connectivity index (χ1v) is 12.8. The van der Waals surface area contributed by atoms with E-state index in [1.807, 2.05) is 0 Å². The minimum Gasteiger partial charge on any atom is -0.390 e. The molecule has 0 aliphatic heterocycles. The van der Waals surface area contributed by atoms with Crippen molar-refractivity contribution in [2.75, 3.05) is 11.9 Å². The van der Waals surface area contributed by atoms with Crippen molar-refractivity contribution in [3.63, 3.8) is 0 Å². The summed E-state index contributed by atoms with van der Waals surface area (Å²) in [6.45, 7) is 3.46. The minimum atomic E-state index is -4.67. The van der Waals surface area contributed by atoms with Crippen LogP contribution in [0.4, 0.5) is 18.9 Å². The van der Waals surface area contributed by atoms with Crippen LogP contribution in [0.3, 0.4) is 0 Å². The predicted molar refractivity (Wildman–Crippen MR) is 143 cm³/mol. The van der Waals surface area contributed by atoms with Gasteiger partial charge in [0.05, 0.1) is 17.7 Å². The van der Waals surface area contributed by atoms with Gasteiger partial charge in [-0.25, -0.2) is 4.98 Å². The molecule has 5 N–H and O–H groups in total. The number of hydrogen-bond acceptors (Lipinski definition) is 7. The fourth-order valence-electron chi connectivity index (χ4n) is 3.73. The van der Waals surface area contributed by atoms with Gasteiger partial charge in [-0.2, -0.15) is 18.3 Å². The average molecular weight is 575 g/mol. The molecule has 0 fully saturated rings. The highest BCUT2D eigenvalue weighted by Gasteiger charge is 2.35. The molecule has 2 aromatic heterocycles. The lowest BCUT2D eigenvalue weighted by Gasteiger charge is -2.16. The van der Waals surface area contributed by atoms with Gasteiger partial charge in [0, 0.05) is 40.3 Å². The number of thiazole rings is 1. The summed E-state index contributed by atoms with van der Waals surface area (Å²) in [7, 11) is 0. The Morgan fingerprint density at radius 3 is 2.40 bits per heavy atom. The molecule has 0 saturated heterocycles. The number of aromatic nitrogens is 3. The van der Waals surface area contributed by atoms with Crippen LogP contribution in [-0.2, 0) is 17.5 Å². The van der Waals surface area contributed by atoms with E-state index in [4.69, 9.17) is 5.73 Å². The van der Waals surface area contributed by atoms with Crippen LogP contribution in [0.25, 0.3) is 22.0 Å². The van der Waals surface area contributed by atoms with Gasteiger partial charge < -0.3 is 21.5 Å². The highest BCUT2D eigenvalue weighted by Crippen LogP contribution is 2.34. The Bertz CT molecular complexity index is 1570. The first-order chi connectivity index (χ1) is 18.7.